The fraction of sp³-hybridized carbons (Fsp3) is 0.762. The van der Waals surface area contributed by atoms with Crippen LogP contribution in [0.15, 0.2) is 72.9 Å². The standard InChI is InChI=1S/C63H110O6/c1-4-7-10-13-16-19-22-25-28-30-31-33-35-38-41-44-47-50-53-56-62(65)68-59-60(58-67-61(64)55-52-49-46-43-40-37-34-27-24-21-18-15-12-9-6-3)69-63(66)57-54-51-48-45-42-39-36-32-29-26-23-20-17-14-11-8-5-2/h9,12,18,21,25-29,34,40,43,60H,4-8,10-11,13-17,19-20,22-24,30-33,35-39,41-42,44-59H2,1-3H3/b12-9-,21-18-,28-25-,29-26-,34-27-,43-40-/t60-/m1/s1. The molecule has 0 fully saturated rings. The van der Waals surface area contributed by atoms with Gasteiger partial charge in [0.05, 0.1) is 0 Å². The highest BCUT2D eigenvalue weighted by molar-refractivity contribution is 5.71. The summed E-state index contributed by atoms with van der Waals surface area (Å²) in [6, 6.07) is 0. The quantitative estimate of drug-likeness (QED) is 0.0262. The zero-order valence-electron chi connectivity index (χ0n) is 45.6. The largest absolute Gasteiger partial charge is 0.462 e. The lowest BCUT2D eigenvalue weighted by Gasteiger charge is -2.18. The van der Waals surface area contributed by atoms with Crippen LogP contribution in [0.5, 0.6) is 0 Å². The molecular weight excluding hydrogens is 853 g/mol. The number of carbonyl (C=O) groups excluding carboxylic acids is 3. The molecular formula is C63H110O6. The topological polar surface area (TPSA) is 78.9 Å². The maximum Gasteiger partial charge on any atom is 0.306 e. The molecule has 0 aromatic carbocycles. The highest BCUT2D eigenvalue weighted by Gasteiger charge is 2.19. The highest BCUT2D eigenvalue weighted by Crippen LogP contribution is 2.15. The molecule has 0 bridgehead atoms. The average molecular weight is 964 g/mol. The molecule has 0 N–H and O–H groups in total. The molecule has 6 heteroatoms. The maximum atomic E-state index is 12.9. The van der Waals surface area contributed by atoms with E-state index in [-0.39, 0.29) is 31.1 Å². The minimum atomic E-state index is -0.796. The summed E-state index contributed by atoms with van der Waals surface area (Å²) in [5.74, 6) is -0.931. The lowest BCUT2D eigenvalue weighted by molar-refractivity contribution is -0.167. The van der Waals surface area contributed by atoms with E-state index in [0.717, 1.165) is 83.5 Å². The number of hydrogen-bond donors (Lipinski definition) is 0. The van der Waals surface area contributed by atoms with Gasteiger partial charge in [0.25, 0.3) is 0 Å². The van der Waals surface area contributed by atoms with Crippen LogP contribution in [0.3, 0.4) is 0 Å². The SMILES string of the molecule is CC/C=C\C/C=C\C/C=C\C/C=C\CCCCC(=O)OC[C@H](COC(=O)CCCCCCCCCCC/C=C\CCCCCCCC)OC(=O)CCCCCCCCC/C=C\CCCCCCCC. The molecule has 0 aliphatic carbocycles. The van der Waals surface area contributed by atoms with Gasteiger partial charge in [-0.1, -0.05) is 235 Å². The Morgan fingerprint density at radius 1 is 0.304 bits per heavy atom. The molecule has 0 aliphatic rings. The molecule has 0 heterocycles. The molecule has 1 atom stereocenters. The highest BCUT2D eigenvalue weighted by atomic mass is 16.6. The van der Waals surface area contributed by atoms with Gasteiger partial charge in [-0.2, -0.15) is 0 Å². The molecule has 0 radical (unpaired) electrons. The predicted molar refractivity (Wildman–Crippen MR) is 298 cm³/mol. The van der Waals surface area contributed by atoms with Crippen molar-refractivity contribution in [2.45, 2.75) is 297 Å². The smallest absolute Gasteiger partial charge is 0.306 e. The van der Waals surface area contributed by atoms with Gasteiger partial charge in [-0.3, -0.25) is 14.4 Å². The van der Waals surface area contributed by atoms with Crippen molar-refractivity contribution in [3.8, 4) is 0 Å². The van der Waals surface area contributed by atoms with Crippen molar-refractivity contribution >= 4 is 17.9 Å². The molecule has 0 unspecified atom stereocenters. The van der Waals surface area contributed by atoms with Gasteiger partial charge in [-0.25, -0.2) is 0 Å². The van der Waals surface area contributed by atoms with E-state index >= 15 is 0 Å². The molecule has 69 heavy (non-hydrogen) atoms. The molecule has 0 rings (SSSR count). The Morgan fingerprint density at radius 2 is 0.565 bits per heavy atom. The third-order valence-corrected chi connectivity index (χ3v) is 12.7. The minimum Gasteiger partial charge on any atom is -0.462 e. The number of unbranched alkanes of at least 4 members (excludes halogenated alkanes) is 30. The summed E-state index contributed by atoms with van der Waals surface area (Å²) in [4.78, 5) is 38.2. The van der Waals surface area contributed by atoms with Crippen molar-refractivity contribution in [3.05, 3.63) is 72.9 Å². The lowest BCUT2D eigenvalue weighted by Crippen LogP contribution is -2.30. The third-order valence-electron chi connectivity index (χ3n) is 12.7. The van der Waals surface area contributed by atoms with E-state index in [1.54, 1.807) is 0 Å². The Kier molecular flexibility index (Phi) is 54.8. The fourth-order valence-corrected chi connectivity index (χ4v) is 8.25. The van der Waals surface area contributed by atoms with E-state index in [9.17, 15) is 14.4 Å². The van der Waals surface area contributed by atoms with Crippen molar-refractivity contribution < 1.29 is 28.6 Å². The monoisotopic (exact) mass is 963 g/mol. The van der Waals surface area contributed by atoms with Crippen LogP contribution in [-0.4, -0.2) is 37.2 Å². The van der Waals surface area contributed by atoms with Gasteiger partial charge in [0, 0.05) is 19.3 Å². The van der Waals surface area contributed by atoms with Gasteiger partial charge in [0.2, 0.25) is 0 Å². The van der Waals surface area contributed by atoms with Crippen molar-refractivity contribution in [3.63, 3.8) is 0 Å². The zero-order chi connectivity index (χ0) is 50.0. The molecule has 0 aromatic rings. The van der Waals surface area contributed by atoms with Crippen molar-refractivity contribution in [1.29, 1.82) is 0 Å². The van der Waals surface area contributed by atoms with Crippen LogP contribution in [0, 0.1) is 0 Å². The first-order valence-electron chi connectivity index (χ1n) is 29.4. The molecule has 6 nitrogen and oxygen atoms in total. The summed E-state index contributed by atoms with van der Waals surface area (Å²) in [6.45, 7) is 6.50. The Morgan fingerprint density at radius 3 is 0.928 bits per heavy atom. The Bertz CT molecular complexity index is 1290. The lowest BCUT2D eigenvalue weighted by atomic mass is 10.1. The van der Waals surface area contributed by atoms with Crippen molar-refractivity contribution in [1.82, 2.24) is 0 Å². The Hall–Kier alpha value is -3.15. The Labute approximate surface area is 427 Å². The predicted octanol–water partition coefficient (Wildman–Crippen LogP) is 19.8. The maximum absolute atomic E-state index is 12.9. The first-order chi connectivity index (χ1) is 34.0. The molecule has 0 aromatic heterocycles. The normalized spacial score (nSPS) is 12.6. The van der Waals surface area contributed by atoms with Crippen LogP contribution >= 0.6 is 0 Å². The summed E-state index contributed by atoms with van der Waals surface area (Å²) in [6.07, 6.45) is 73.2. The van der Waals surface area contributed by atoms with Gasteiger partial charge < -0.3 is 14.2 Å². The van der Waals surface area contributed by atoms with E-state index in [0.29, 0.717) is 19.3 Å². The van der Waals surface area contributed by atoms with Gasteiger partial charge in [-0.15, -0.1) is 0 Å². The molecule has 0 aliphatic heterocycles. The van der Waals surface area contributed by atoms with E-state index in [1.165, 1.54) is 167 Å². The van der Waals surface area contributed by atoms with Gasteiger partial charge >= 0.3 is 17.9 Å². The first kappa shape index (κ1) is 65.8. The van der Waals surface area contributed by atoms with Gasteiger partial charge in [0.1, 0.15) is 13.2 Å². The summed E-state index contributed by atoms with van der Waals surface area (Å²) >= 11 is 0. The van der Waals surface area contributed by atoms with E-state index < -0.39 is 6.10 Å². The summed E-state index contributed by atoms with van der Waals surface area (Å²) in [5, 5.41) is 0. The molecule has 0 spiro atoms. The summed E-state index contributed by atoms with van der Waals surface area (Å²) < 4.78 is 16.8. The van der Waals surface area contributed by atoms with Gasteiger partial charge in [0.15, 0.2) is 6.10 Å². The van der Waals surface area contributed by atoms with Crippen LogP contribution in [0.2, 0.25) is 0 Å². The van der Waals surface area contributed by atoms with Crippen molar-refractivity contribution in [2.75, 3.05) is 13.2 Å². The van der Waals surface area contributed by atoms with E-state index in [1.807, 2.05) is 0 Å². The van der Waals surface area contributed by atoms with E-state index in [4.69, 9.17) is 14.2 Å². The van der Waals surface area contributed by atoms with Crippen LogP contribution in [0.4, 0.5) is 0 Å². The second-order valence-corrected chi connectivity index (χ2v) is 19.5. The molecule has 0 amide bonds. The summed E-state index contributed by atoms with van der Waals surface area (Å²) in [7, 11) is 0. The van der Waals surface area contributed by atoms with E-state index in [2.05, 4.69) is 93.7 Å². The second-order valence-electron chi connectivity index (χ2n) is 19.5. The third kappa shape index (κ3) is 55.6. The number of carbonyl (C=O) groups is 3. The zero-order valence-corrected chi connectivity index (χ0v) is 45.6. The molecule has 0 saturated heterocycles. The number of ether oxygens (including phenoxy) is 3. The van der Waals surface area contributed by atoms with Crippen LogP contribution in [-0.2, 0) is 28.6 Å². The average Bonchev–Trinajstić information content (AvgIpc) is 3.35. The number of allylic oxidation sites excluding steroid dienone is 12. The molecule has 0 saturated carbocycles. The second kappa shape index (κ2) is 57.4. The first-order valence-corrected chi connectivity index (χ1v) is 29.4. The number of rotatable bonds is 53. The Balaban J connectivity index is 4.42. The number of esters is 3. The van der Waals surface area contributed by atoms with Gasteiger partial charge in [-0.05, 0) is 109 Å². The van der Waals surface area contributed by atoms with Crippen LogP contribution in [0.1, 0.15) is 290 Å². The van der Waals surface area contributed by atoms with Crippen LogP contribution in [0.25, 0.3) is 0 Å². The molecule has 398 valence electrons. The fourth-order valence-electron chi connectivity index (χ4n) is 8.25. The van der Waals surface area contributed by atoms with Crippen molar-refractivity contribution in [2.24, 2.45) is 0 Å². The number of hydrogen-bond acceptors (Lipinski definition) is 6. The van der Waals surface area contributed by atoms with Crippen LogP contribution < -0.4 is 0 Å². The minimum absolute atomic E-state index is 0.0904. The summed E-state index contributed by atoms with van der Waals surface area (Å²) in [5.41, 5.74) is 0.